The average Bonchev–Trinajstić information content (AvgIpc) is 3.20. The summed E-state index contributed by atoms with van der Waals surface area (Å²) in [5.74, 6) is -1.08. The summed E-state index contributed by atoms with van der Waals surface area (Å²) in [6, 6.07) is 10.1. The monoisotopic (exact) mass is 536 g/mol. The van der Waals surface area contributed by atoms with Crippen molar-refractivity contribution in [3.63, 3.8) is 0 Å². The molecule has 2 N–H and O–H groups in total. The SMILES string of the molecule is C/C=C\C.CC.CC.O=C(C[C@]1(O)C(=O)Nc2c(Cl)ccc(Cl)c21)c1ccc(N2CCOCC2)cc1. The Balaban J connectivity index is 0.000000725. The number of hydrogen-bond acceptors (Lipinski definition) is 5. The Labute approximate surface area is 225 Å². The normalized spacial score (nSPS) is 18.0. The molecule has 2 heterocycles. The van der Waals surface area contributed by atoms with Gasteiger partial charge < -0.3 is 20.1 Å². The Morgan fingerprint density at radius 3 is 2.06 bits per heavy atom. The molecule has 2 aromatic carbocycles. The number of benzene rings is 2. The van der Waals surface area contributed by atoms with E-state index in [0.29, 0.717) is 18.8 Å². The smallest absolute Gasteiger partial charge is 0.261 e. The Morgan fingerprint density at radius 2 is 1.53 bits per heavy atom. The summed E-state index contributed by atoms with van der Waals surface area (Å²) in [4.78, 5) is 27.4. The van der Waals surface area contributed by atoms with E-state index in [0.717, 1.165) is 18.8 Å². The van der Waals surface area contributed by atoms with Crippen molar-refractivity contribution in [3.8, 4) is 0 Å². The van der Waals surface area contributed by atoms with Gasteiger partial charge in [0.05, 0.1) is 30.3 Å². The Morgan fingerprint density at radius 1 is 1.00 bits per heavy atom. The van der Waals surface area contributed by atoms with Crippen LogP contribution in [0.4, 0.5) is 11.4 Å². The van der Waals surface area contributed by atoms with Gasteiger partial charge in [0.25, 0.3) is 5.91 Å². The molecule has 0 spiro atoms. The van der Waals surface area contributed by atoms with E-state index in [1.54, 1.807) is 12.1 Å². The number of morpholine rings is 1. The van der Waals surface area contributed by atoms with Gasteiger partial charge >= 0.3 is 0 Å². The van der Waals surface area contributed by atoms with Crippen molar-refractivity contribution in [3.05, 3.63) is 69.7 Å². The fourth-order valence-electron chi connectivity index (χ4n) is 3.59. The first kappa shape index (κ1) is 31.6. The minimum atomic E-state index is -2.06. The maximum absolute atomic E-state index is 12.8. The topological polar surface area (TPSA) is 78.9 Å². The van der Waals surface area contributed by atoms with Crippen LogP contribution in [-0.4, -0.2) is 43.1 Å². The zero-order valence-electron chi connectivity index (χ0n) is 22.0. The molecule has 0 unspecified atom stereocenters. The number of halogens is 2. The summed E-state index contributed by atoms with van der Waals surface area (Å²) in [5, 5.41) is 14.0. The predicted molar refractivity (Wildman–Crippen MR) is 151 cm³/mol. The first-order valence-corrected chi connectivity index (χ1v) is 13.1. The number of allylic oxidation sites excluding steroid dienone is 2. The highest BCUT2D eigenvalue weighted by Crippen LogP contribution is 2.46. The van der Waals surface area contributed by atoms with Crippen LogP contribution in [0, 0.1) is 0 Å². The molecule has 0 bridgehead atoms. The van der Waals surface area contributed by atoms with Crippen molar-refractivity contribution in [2.45, 2.75) is 53.6 Å². The lowest BCUT2D eigenvalue weighted by Crippen LogP contribution is -2.37. The number of fused-ring (bicyclic) bond motifs is 1. The zero-order chi connectivity index (χ0) is 27.3. The zero-order valence-corrected chi connectivity index (χ0v) is 23.5. The highest BCUT2D eigenvalue weighted by atomic mass is 35.5. The van der Waals surface area contributed by atoms with E-state index >= 15 is 0 Å². The maximum Gasteiger partial charge on any atom is 0.261 e. The molecule has 1 atom stereocenters. The number of carbonyl (C=O) groups excluding carboxylic acids is 2. The number of aliphatic hydroxyl groups is 1. The third-order valence-corrected chi connectivity index (χ3v) is 6.08. The van der Waals surface area contributed by atoms with Crippen molar-refractivity contribution in [1.29, 1.82) is 0 Å². The summed E-state index contributed by atoms with van der Waals surface area (Å²) >= 11 is 12.3. The summed E-state index contributed by atoms with van der Waals surface area (Å²) in [6.45, 7) is 14.9. The second kappa shape index (κ2) is 15.7. The molecule has 1 fully saturated rings. The van der Waals surface area contributed by atoms with Gasteiger partial charge in [0.15, 0.2) is 11.4 Å². The molecule has 2 aliphatic heterocycles. The van der Waals surface area contributed by atoms with Crippen LogP contribution in [0.15, 0.2) is 48.6 Å². The van der Waals surface area contributed by atoms with Crippen LogP contribution in [-0.2, 0) is 15.1 Å². The van der Waals surface area contributed by atoms with Gasteiger partial charge in [0, 0.05) is 34.9 Å². The van der Waals surface area contributed by atoms with Crippen LogP contribution in [0.3, 0.4) is 0 Å². The lowest BCUT2D eigenvalue weighted by atomic mass is 9.88. The lowest BCUT2D eigenvalue weighted by Gasteiger charge is -2.29. The van der Waals surface area contributed by atoms with Crippen molar-refractivity contribution in [1.82, 2.24) is 0 Å². The van der Waals surface area contributed by atoms with Gasteiger partial charge in [-0.15, -0.1) is 0 Å². The number of hydrogen-bond donors (Lipinski definition) is 2. The van der Waals surface area contributed by atoms with E-state index in [2.05, 4.69) is 10.2 Å². The number of ether oxygens (including phenoxy) is 1. The van der Waals surface area contributed by atoms with Gasteiger partial charge in [0.1, 0.15) is 0 Å². The molecule has 1 saturated heterocycles. The summed E-state index contributed by atoms with van der Waals surface area (Å²) in [7, 11) is 0. The van der Waals surface area contributed by atoms with E-state index in [4.69, 9.17) is 27.9 Å². The Bertz CT molecular complexity index is 1010. The second-order valence-corrected chi connectivity index (χ2v) is 8.32. The van der Waals surface area contributed by atoms with Gasteiger partial charge in [-0.1, -0.05) is 63.0 Å². The van der Waals surface area contributed by atoms with Gasteiger partial charge in [-0.2, -0.15) is 0 Å². The molecule has 8 heteroatoms. The number of nitrogens with one attached hydrogen (secondary N) is 1. The van der Waals surface area contributed by atoms with Gasteiger partial charge in [0.2, 0.25) is 0 Å². The first-order chi connectivity index (χ1) is 17.3. The Kier molecular flexibility index (Phi) is 13.8. The van der Waals surface area contributed by atoms with E-state index in [-0.39, 0.29) is 27.1 Å². The molecule has 2 aliphatic rings. The quantitative estimate of drug-likeness (QED) is 0.329. The minimum absolute atomic E-state index is 0.143. The summed E-state index contributed by atoms with van der Waals surface area (Å²) < 4.78 is 5.34. The van der Waals surface area contributed by atoms with Crippen molar-refractivity contribution < 1.29 is 19.4 Å². The number of Topliss-reactive ketones (excluding diaryl/α,β-unsaturated/α-hetero) is 1. The molecule has 36 heavy (non-hydrogen) atoms. The van der Waals surface area contributed by atoms with Crippen LogP contribution in [0.2, 0.25) is 10.0 Å². The van der Waals surface area contributed by atoms with E-state index < -0.39 is 17.9 Å². The number of carbonyl (C=O) groups is 2. The van der Waals surface area contributed by atoms with Crippen molar-refractivity contribution in [2.24, 2.45) is 0 Å². The van der Waals surface area contributed by atoms with Crippen LogP contribution in [0.1, 0.15) is 63.9 Å². The molecule has 0 radical (unpaired) electrons. The summed E-state index contributed by atoms with van der Waals surface area (Å²) in [6.07, 6.45) is 3.57. The fraction of sp³-hybridized carbons (Fsp3) is 0.429. The Hall–Kier alpha value is -2.38. The van der Waals surface area contributed by atoms with Gasteiger partial charge in [-0.25, -0.2) is 0 Å². The average molecular weight is 538 g/mol. The summed E-state index contributed by atoms with van der Waals surface area (Å²) in [5.41, 5.74) is -0.263. The van der Waals surface area contributed by atoms with E-state index in [9.17, 15) is 14.7 Å². The molecule has 2 aromatic rings. The molecule has 198 valence electrons. The number of rotatable bonds is 4. The van der Waals surface area contributed by atoms with Crippen LogP contribution in [0.25, 0.3) is 0 Å². The molecule has 0 aromatic heterocycles. The van der Waals surface area contributed by atoms with Crippen LogP contribution < -0.4 is 10.2 Å². The van der Waals surface area contributed by atoms with Crippen molar-refractivity contribution in [2.75, 3.05) is 36.5 Å². The number of nitrogens with zero attached hydrogens (tertiary/aromatic N) is 1. The van der Waals surface area contributed by atoms with E-state index in [1.807, 2.05) is 65.8 Å². The largest absolute Gasteiger partial charge is 0.378 e. The first-order valence-electron chi connectivity index (χ1n) is 12.4. The molecule has 0 aliphatic carbocycles. The van der Waals surface area contributed by atoms with Crippen LogP contribution in [0.5, 0.6) is 0 Å². The highest BCUT2D eigenvalue weighted by molar-refractivity contribution is 6.38. The second-order valence-electron chi connectivity index (χ2n) is 7.51. The molecule has 6 nitrogen and oxygen atoms in total. The lowest BCUT2D eigenvalue weighted by molar-refractivity contribution is -0.133. The standard InChI is InChI=1S/C20H18Cl2N2O4.C4H8.2C2H6/c21-14-5-6-15(22)18-17(14)20(27,19(26)23-18)11-16(25)12-1-3-13(4-2-12)24-7-9-28-10-8-24;1-3-4-2;2*1-2/h1-6,27H,7-11H2,(H,23,26);3-4H,1-2H3;2*1-2H3/b;4-3-;;/t20-;;;/m1.../s1. The number of ketones is 1. The van der Waals surface area contributed by atoms with E-state index in [1.165, 1.54) is 12.1 Å². The predicted octanol–water partition coefficient (Wildman–Crippen LogP) is 6.88. The molecule has 4 rings (SSSR count). The number of anilines is 2. The third-order valence-electron chi connectivity index (χ3n) is 5.45. The number of amides is 1. The third kappa shape index (κ3) is 7.56. The highest BCUT2D eigenvalue weighted by Gasteiger charge is 2.49. The van der Waals surface area contributed by atoms with Gasteiger partial charge in [-0.05, 0) is 50.2 Å². The molecular weight excluding hydrogens is 499 g/mol. The molecule has 1 amide bonds. The fourth-order valence-corrected chi connectivity index (χ4v) is 4.11. The molecule has 0 saturated carbocycles. The van der Waals surface area contributed by atoms with Gasteiger partial charge in [-0.3, -0.25) is 9.59 Å². The molecular formula is C28H38Cl2N2O4. The van der Waals surface area contributed by atoms with Crippen molar-refractivity contribution >= 4 is 46.3 Å². The maximum atomic E-state index is 12.8. The minimum Gasteiger partial charge on any atom is -0.378 e. The van der Waals surface area contributed by atoms with Crippen LogP contribution >= 0.6 is 23.2 Å².